The highest BCUT2D eigenvalue weighted by atomic mass is 28.3. The normalized spacial score (nSPS) is 12.6. The van der Waals surface area contributed by atoms with Crippen LogP contribution in [0.2, 0.25) is 0 Å². The number of aromatic nitrogens is 1. The van der Waals surface area contributed by atoms with Gasteiger partial charge in [0.05, 0.1) is 16.7 Å². The van der Waals surface area contributed by atoms with E-state index in [-0.39, 0.29) is 6.71 Å². The Morgan fingerprint density at radius 2 is 0.633 bits per heavy atom. The van der Waals surface area contributed by atoms with Gasteiger partial charge < -0.3 is 14.4 Å². The average Bonchev–Trinajstić information content (AvgIpc) is 0.762. The predicted octanol–water partition coefficient (Wildman–Crippen LogP) is 13.3. The molecule has 90 heavy (non-hydrogen) atoms. The summed E-state index contributed by atoms with van der Waals surface area (Å²) in [5, 5.41) is 13.2. The minimum atomic E-state index is -2.97. The fourth-order valence-corrected chi connectivity index (χ4v) is 25.1. The van der Waals surface area contributed by atoms with Crippen LogP contribution in [-0.2, 0) is 0 Å². The van der Waals surface area contributed by atoms with Gasteiger partial charge in [-0.25, -0.2) is 0 Å². The lowest BCUT2D eigenvalue weighted by atomic mass is 9.33. The van der Waals surface area contributed by atoms with Crippen molar-refractivity contribution < 1.29 is 0 Å². The summed E-state index contributed by atoms with van der Waals surface area (Å²) in [4.78, 5) is 5.24. The van der Waals surface area contributed by atoms with Crippen LogP contribution in [-0.4, -0.2) is 27.4 Å². The van der Waals surface area contributed by atoms with Crippen molar-refractivity contribution in [3.63, 3.8) is 0 Å². The molecule has 0 atom stereocenters. The smallest absolute Gasteiger partial charge is 0.252 e. The van der Waals surface area contributed by atoms with Gasteiger partial charge in [-0.05, 0) is 118 Å². The van der Waals surface area contributed by atoms with Gasteiger partial charge in [0.2, 0.25) is 0 Å². The summed E-state index contributed by atoms with van der Waals surface area (Å²) in [5.74, 6) is 0. The highest BCUT2D eigenvalue weighted by Gasteiger charge is 2.47. The molecule has 0 N–H and O–H groups in total. The van der Waals surface area contributed by atoms with Gasteiger partial charge in [-0.2, -0.15) is 0 Å². The Kier molecular flexibility index (Phi) is 13.0. The largest absolute Gasteiger partial charge is 0.311 e. The predicted molar refractivity (Wildman–Crippen MR) is 387 cm³/mol. The van der Waals surface area contributed by atoms with Crippen molar-refractivity contribution in [3.05, 3.63) is 364 Å². The van der Waals surface area contributed by atoms with Crippen molar-refractivity contribution in [2.75, 3.05) is 9.80 Å². The second-order valence-electron chi connectivity index (χ2n) is 23.8. The Labute approximate surface area is 528 Å². The molecule has 1 aromatic heterocycles. The van der Waals surface area contributed by atoms with Crippen molar-refractivity contribution in [1.82, 2.24) is 4.57 Å². The van der Waals surface area contributed by atoms with Gasteiger partial charge in [0.15, 0.2) is 16.1 Å². The summed E-state index contributed by atoms with van der Waals surface area (Å²) in [5.41, 5.74) is 16.4. The molecule has 14 aromatic carbocycles. The standard InChI is InChI=1S/C84H60BN3Si2/c1-8-30-61(31-9-1)73-48-29-50-77-84(73)88(62-54-56-71(57-55-62)89(65-33-10-2-11-34-65,66-35-12-3-13-36-66)67-37-14-4-15-38-67)82-60-64(87-78-51-25-22-46-74(78)75-47-23-26-52-79(75)87)59-81-83(82)85(77)76-49-24-27-53-80(76)86(81)63-32-28-45-72(58-63)90(68-39-16-5-17-40-68,69-41-18-6-19-42-69)70-43-20-7-21-44-70/h1-60H. The topological polar surface area (TPSA) is 11.4 Å². The van der Waals surface area contributed by atoms with Crippen molar-refractivity contribution in [1.29, 1.82) is 0 Å². The molecule has 0 bridgehead atoms. The molecular weight excluding hydrogens is 1120 g/mol. The summed E-state index contributed by atoms with van der Waals surface area (Å²) in [6.45, 7) is -0.118. The monoisotopic (exact) mass is 1180 g/mol. The van der Waals surface area contributed by atoms with Gasteiger partial charge in [0, 0.05) is 50.5 Å². The van der Waals surface area contributed by atoms with Crippen LogP contribution < -0.4 is 67.7 Å². The highest BCUT2D eigenvalue weighted by Crippen LogP contribution is 2.48. The Morgan fingerprint density at radius 1 is 0.244 bits per heavy atom. The molecule has 2 aliphatic rings. The van der Waals surface area contributed by atoms with Crippen molar-refractivity contribution in [2.24, 2.45) is 0 Å². The third kappa shape index (κ3) is 8.26. The van der Waals surface area contributed by atoms with Crippen LogP contribution in [0.15, 0.2) is 364 Å². The zero-order chi connectivity index (χ0) is 59.6. The Morgan fingerprint density at radius 3 is 1.14 bits per heavy atom. The van der Waals surface area contributed by atoms with Gasteiger partial charge in [-0.1, -0.05) is 309 Å². The third-order valence-electron chi connectivity index (χ3n) is 19.2. The van der Waals surface area contributed by atoms with E-state index in [4.69, 9.17) is 0 Å². The minimum absolute atomic E-state index is 0.118. The number of anilines is 6. The fraction of sp³-hybridized carbons (Fsp3) is 0. The van der Waals surface area contributed by atoms with Gasteiger partial charge in [-0.3, -0.25) is 0 Å². The first kappa shape index (κ1) is 53.2. The molecule has 17 rings (SSSR count). The van der Waals surface area contributed by atoms with E-state index in [1.54, 1.807) is 0 Å². The first-order chi connectivity index (χ1) is 44.7. The third-order valence-corrected chi connectivity index (χ3v) is 28.8. The molecule has 0 amide bonds. The zero-order valence-electron chi connectivity index (χ0n) is 49.6. The van der Waals surface area contributed by atoms with E-state index in [0.717, 1.165) is 39.5 Å². The van der Waals surface area contributed by atoms with Crippen LogP contribution in [0.5, 0.6) is 0 Å². The summed E-state index contributed by atoms with van der Waals surface area (Å²) in [6, 6.07) is 137. The molecule has 0 unspecified atom stereocenters. The lowest BCUT2D eigenvalue weighted by Crippen LogP contribution is -2.74. The number of nitrogens with zero attached hydrogens (tertiary/aromatic N) is 3. The van der Waals surface area contributed by atoms with E-state index >= 15 is 0 Å². The fourth-order valence-electron chi connectivity index (χ4n) is 15.6. The molecule has 3 heterocycles. The Balaban J connectivity index is 0.972. The molecule has 422 valence electrons. The number of rotatable bonds is 12. The van der Waals surface area contributed by atoms with Gasteiger partial charge in [0.1, 0.15) is 0 Å². The Bertz CT molecular complexity index is 4880. The number of hydrogen-bond donors (Lipinski definition) is 0. The second kappa shape index (κ2) is 22.0. The molecule has 3 nitrogen and oxygen atoms in total. The van der Waals surface area contributed by atoms with E-state index in [9.17, 15) is 0 Å². The van der Waals surface area contributed by atoms with E-state index in [0.29, 0.717) is 0 Å². The molecule has 15 aromatic rings. The summed E-state index contributed by atoms with van der Waals surface area (Å²) in [6.07, 6.45) is 0. The van der Waals surface area contributed by atoms with Crippen molar-refractivity contribution >= 4 is 137 Å². The van der Waals surface area contributed by atoms with E-state index < -0.39 is 16.1 Å². The molecule has 0 spiro atoms. The summed E-state index contributed by atoms with van der Waals surface area (Å²) < 4.78 is 2.52. The van der Waals surface area contributed by atoms with Crippen LogP contribution in [0.25, 0.3) is 38.6 Å². The Hall–Kier alpha value is -11.0. The SMILES string of the molecule is c1ccc(-c2cccc3c2N(c2ccc([Si](c4ccccc4)(c4ccccc4)c4ccccc4)cc2)c2cc(-n4c5ccccc5c5ccccc54)cc4c2B3c2ccccc2N4c2cccc([Si](c3ccccc3)(c3ccccc3)c3ccccc3)c2)cc1. The number of hydrogen-bond acceptors (Lipinski definition) is 2. The number of benzene rings is 14. The van der Waals surface area contributed by atoms with Crippen LogP contribution >= 0.6 is 0 Å². The van der Waals surface area contributed by atoms with Crippen LogP contribution in [0.1, 0.15) is 0 Å². The molecular formula is C84H60BN3Si2. The lowest BCUT2D eigenvalue weighted by Gasteiger charge is -2.45. The highest BCUT2D eigenvalue weighted by molar-refractivity contribution is 7.20. The molecule has 6 heteroatoms. The maximum absolute atomic E-state index is 2.97. The second-order valence-corrected chi connectivity index (χ2v) is 31.5. The minimum Gasteiger partial charge on any atom is -0.311 e. The molecule has 0 saturated heterocycles. The van der Waals surface area contributed by atoms with E-state index in [1.807, 2.05) is 0 Å². The molecule has 0 radical (unpaired) electrons. The average molecular weight is 1180 g/mol. The summed E-state index contributed by atoms with van der Waals surface area (Å²) >= 11 is 0. The molecule has 2 aliphatic heterocycles. The van der Waals surface area contributed by atoms with Gasteiger partial charge >= 0.3 is 0 Å². The van der Waals surface area contributed by atoms with Gasteiger partial charge in [-0.15, -0.1) is 0 Å². The van der Waals surface area contributed by atoms with Crippen molar-refractivity contribution in [3.8, 4) is 16.8 Å². The number of para-hydroxylation sites is 4. The molecule has 0 saturated carbocycles. The lowest BCUT2D eigenvalue weighted by molar-refractivity contribution is 1.16. The maximum Gasteiger partial charge on any atom is 0.252 e. The molecule has 0 aliphatic carbocycles. The van der Waals surface area contributed by atoms with Crippen LogP contribution in [0.3, 0.4) is 0 Å². The zero-order valence-corrected chi connectivity index (χ0v) is 51.6. The first-order valence-electron chi connectivity index (χ1n) is 31.3. The van der Waals surface area contributed by atoms with Crippen LogP contribution in [0, 0.1) is 0 Å². The van der Waals surface area contributed by atoms with Gasteiger partial charge in [0.25, 0.3) is 6.71 Å². The van der Waals surface area contributed by atoms with Crippen LogP contribution in [0.4, 0.5) is 34.1 Å². The quantitative estimate of drug-likeness (QED) is 0.0892. The summed E-state index contributed by atoms with van der Waals surface area (Å²) in [7, 11) is -5.86. The van der Waals surface area contributed by atoms with E-state index in [1.165, 1.54) is 91.2 Å². The van der Waals surface area contributed by atoms with Crippen molar-refractivity contribution in [2.45, 2.75) is 0 Å². The number of fused-ring (bicyclic) bond motifs is 7. The maximum atomic E-state index is 2.63. The molecule has 0 fully saturated rings. The van der Waals surface area contributed by atoms with E-state index in [2.05, 4.69) is 378 Å². The first-order valence-corrected chi connectivity index (χ1v) is 35.3.